The van der Waals surface area contributed by atoms with Crippen molar-refractivity contribution in [3.05, 3.63) is 69.9 Å². The molecule has 2 nitrogen and oxygen atoms in total. The lowest BCUT2D eigenvalue weighted by Crippen LogP contribution is -2.04. The molecule has 0 N–H and O–H groups in total. The van der Waals surface area contributed by atoms with Crippen LogP contribution in [0.15, 0.2) is 51.4 Å². The van der Waals surface area contributed by atoms with Gasteiger partial charge < -0.3 is 4.42 Å². The van der Waals surface area contributed by atoms with E-state index in [1.807, 2.05) is 12.1 Å². The summed E-state index contributed by atoms with van der Waals surface area (Å²) in [6, 6.07) is 10.2. The van der Waals surface area contributed by atoms with E-state index in [1.54, 1.807) is 12.1 Å². The van der Waals surface area contributed by atoms with Gasteiger partial charge in [0.15, 0.2) is 5.76 Å². The van der Waals surface area contributed by atoms with Gasteiger partial charge in [0, 0.05) is 17.9 Å². The third-order valence-corrected chi connectivity index (χ3v) is 3.76. The smallest absolute Gasteiger partial charge is 0.202 e. The van der Waals surface area contributed by atoms with Gasteiger partial charge in [-0.15, -0.1) is 0 Å². The van der Waals surface area contributed by atoms with E-state index in [0.29, 0.717) is 5.58 Å². The number of Topliss-reactive ketones (excluding diaryl/α,β-unsaturated/α-hetero) is 1. The van der Waals surface area contributed by atoms with E-state index in [4.69, 9.17) is 4.42 Å². The second kappa shape index (κ2) is 5.41. The number of rotatable bonds is 3. The molecule has 0 unspecified atom stereocenters. The van der Waals surface area contributed by atoms with Crippen LogP contribution in [0.5, 0.6) is 0 Å². The summed E-state index contributed by atoms with van der Waals surface area (Å²) < 4.78 is 32.7. The van der Waals surface area contributed by atoms with E-state index in [2.05, 4.69) is 15.9 Å². The highest BCUT2D eigenvalue weighted by Crippen LogP contribution is 2.27. The number of furan rings is 1. The first-order chi connectivity index (χ1) is 10.0. The lowest BCUT2D eigenvalue weighted by Gasteiger charge is -2.01. The van der Waals surface area contributed by atoms with Crippen molar-refractivity contribution >= 4 is 32.7 Å². The molecule has 1 aromatic heterocycles. The predicted molar refractivity (Wildman–Crippen MR) is 78.3 cm³/mol. The summed E-state index contributed by atoms with van der Waals surface area (Å²) in [5, 5.41) is 0.785. The highest BCUT2D eigenvalue weighted by atomic mass is 79.9. The summed E-state index contributed by atoms with van der Waals surface area (Å²) >= 11 is 3.34. The van der Waals surface area contributed by atoms with Crippen molar-refractivity contribution in [2.75, 3.05) is 0 Å². The lowest BCUT2D eigenvalue weighted by molar-refractivity contribution is 0.0967. The minimum Gasteiger partial charge on any atom is -0.452 e. The molecule has 3 rings (SSSR count). The monoisotopic (exact) mass is 350 g/mol. The topological polar surface area (TPSA) is 30.2 Å². The molecular weight excluding hydrogens is 342 g/mol. The van der Waals surface area contributed by atoms with E-state index in [9.17, 15) is 13.6 Å². The first-order valence-corrected chi connectivity index (χ1v) is 6.99. The summed E-state index contributed by atoms with van der Waals surface area (Å²) in [7, 11) is 0. The maximum absolute atomic E-state index is 13.6. The van der Waals surface area contributed by atoms with Crippen LogP contribution in [0.1, 0.15) is 16.1 Å². The molecule has 3 aromatic rings. The second-order valence-corrected chi connectivity index (χ2v) is 5.46. The van der Waals surface area contributed by atoms with Gasteiger partial charge >= 0.3 is 0 Å². The van der Waals surface area contributed by atoms with E-state index in [0.717, 1.165) is 22.0 Å². The van der Waals surface area contributed by atoms with Gasteiger partial charge in [0.05, 0.1) is 4.47 Å². The van der Waals surface area contributed by atoms with Crippen LogP contribution in [0, 0.1) is 11.6 Å². The quantitative estimate of drug-likeness (QED) is 0.629. The van der Waals surface area contributed by atoms with E-state index in [-0.39, 0.29) is 23.5 Å². The summed E-state index contributed by atoms with van der Waals surface area (Å²) in [5.74, 6) is -1.61. The van der Waals surface area contributed by atoms with E-state index < -0.39 is 11.6 Å². The maximum Gasteiger partial charge on any atom is 0.202 e. The highest BCUT2D eigenvalue weighted by molar-refractivity contribution is 9.10. The average molecular weight is 351 g/mol. The van der Waals surface area contributed by atoms with Gasteiger partial charge in [-0.25, -0.2) is 8.78 Å². The molecule has 21 heavy (non-hydrogen) atoms. The standard InChI is InChI=1S/C16H9BrF2O2/c17-12-3-1-2-10-7-15(21-16(10)12)14(20)6-9-4-5-11(18)8-13(9)19/h1-5,7-8H,6H2. The molecule has 0 atom stereocenters. The van der Waals surface area contributed by atoms with Crippen molar-refractivity contribution in [1.82, 2.24) is 0 Å². The molecule has 0 fully saturated rings. The molecule has 106 valence electrons. The third kappa shape index (κ3) is 2.74. The highest BCUT2D eigenvalue weighted by Gasteiger charge is 2.16. The average Bonchev–Trinajstić information content (AvgIpc) is 2.87. The normalized spacial score (nSPS) is 11.0. The van der Waals surface area contributed by atoms with Crippen molar-refractivity contribution in [2.45, 2.75) is 6.42 Å². The Bertz CT molecular complexity index is 839. The molecule has 0 saturated heterocycles. The lowest BCUT2D eigenvalue weighted by atomic mass is 10.1. The van der Waals surface area contributed by atoms with Crippen molar-refractivity contribution < 1.29 is 18.0 Å². The van der Waals surface area contributed by atoms with Gasteiger partial charge in [0.25, 0.3) is 0 Å². The zero-order chi connectivity index (χ0) is 15.0. The third-order valence-electron chi connectivity index (χ3n) is 3.14. The minimum atomic E-state index is -0.736. The summed E-state index contributed by atoms with van der Waals surface area (Å²) in [6.07, 6.45) is -0.177. The fourth-order valence-electron chi connectivity index (χ4n) is 2.09. The Labute approximate surface area is 127 Å². The SMILES string of the molecule is O=C(Cc1ccc(F)cc1F)c1cc2cccc(Br)c2o1. The van der Waals surface area contributed by atoms with Crippen molar-refractivity contribution in [3.63, 3.8) is 0 Å². The zero-order valence-electron chi connectivity index (χ0n) is 10.7. The van der Waals surface area contributed by atoms with Crippen LogP contribution in [0.25, 0.3) is 11.0 Å². The van der Waals surface area contributed by atoms with Gasteiger partial charge in [-0.1, -0.05) is 18.2 Å². The van der Waals surface area contributed by atoms with Crippen LogP contribution in [-0.2, 0) is 6.42 Å². The Morgan fingerprint density at radius 3 is 2.67 bits per heavy atom. The van der Waals surface area contributed by atoms with Gasteiger partial charge in [0.1, 0.15) is 17.2 Å². The molecule has 0 aliphatic rings. The van der Waals surface area contributed by atoms with Crippen LogP contribution in [0.3, 0.4) is 0 Å². The molecule has 5 heteroatoms. The van der Waals surface area contributed by atoms with Crippen molar-refractivity contribution in [1.29, 1.82) is 0 Å². The van der Waals surface area contributed by atoms with Crippen molar-refractivity contribution in [3.8, 4) is 0 Å². The van der Waals surface area contributed by atoms with Gasteiger partial charge in [-0.2, -0.15) is 0 Å². The molecular formula is C16H9BrF2O2. The number of carbonyl (C=O) groups is 1. The number of carbonyl (C=O) groups excluding carboxylic acids is 1. The van der Waals surface area contributed by atoms with Crippen LogP contribution in [0.4, 0.5) is 8.78 Å². The maximum atomic E-state index is 13.6. The first kappa shape index (κ1) is 13.9. The number of fused-ring (bicyclic) bond motifs is 1. The van der Waals surface area contributed by atoms with Crippen LogP contribution in [0.2, 0.25) is 0 Å². The Hall–Kier alpha value is -2.01. The molecule has 0 saturated carbocycles. The molecule has 0 aliphatic carbocycles. The number of hydrogen-bond donors (Lipinski definition) is 0. The van der Waals surface area contributed by atoms with Crippen LogP contribution < -0.4 is 0 Å². The molecule has 0 amide bonds. The van der Waals surface area contributed by atoms with Gasteiger partial charge in [-0.3, -0.25) is 4.79 Å². The Balaban J connectivity index is 1.92. The molecule has 0 radical (unpaired) electrons. The Kier molecular flexibility index (Phi) is 3.59. The molecule has 1 heterocycles. The van der Waals surface area contributed by atoms with Gasteiger partial charge in [-0.05, 0) is 39.7 Å². The van der Waals surface area contributed by atoms with Gasteiger partial charge in [0.2, 0.25) is 5.78 Å². The van der Waals surface area contributed by atoms with E-state index in [1.165, 1.54) is 6.07 Å². The predicted octanol–water partition coefficient (Wildman–Crippen LogP) is 4.90. The largest absolute Gasteiger partial charge is 0.452 e. The molecule has 2 aromatic carbocycles. The Morgan fingerprint density at radius 1 is 1.14 bits per heavy atom. The van der Waals surface area contributed by atoms with Crippen LogP contribution >= 0.6 is 15.9 Å². The van der Waals surface area contributed by atoms with E-state index >= 15 is 0 Å². The number of hydrogen-bond acceptors (Lipinski definition) is 2. The second-order valence-electron chi connectivity index (χ2n) is 4.60. The first-order valence-electron chi connectivity index (χ1n) is 6.20. The molecule has 0 aliphatic heterocycles. The summed E-state index contributed by atoms with van der Waals surface area (Å²) in [4.78, 5) is 12.2. The minimum absolute atomic E-state index is 0.140. The fourth-order valence-corrected chi connectivity index (χ4v) is 2.55. The molecule has 0 spiro atoms. The Morgan fingerprint density at radius 2 is 1.95 bits per heavy atom. The number of benzene rings is 2. The number of ketones is 1. The summed E-state index contributed by atoms with van der Waals surface area (Å²) in [5.41, 5.74) is 0.710. The molecule has 0 bridgehead atoms. The van der Waals surface area contributed by atoms with Crippen LogP contribution in [-0.4, -0.2) is 5.78 Å². The zero-order valence-corrected chi connectivity index (χ0v) is 12.3. The fraction of sp³-hybridized carbons (Fsp3) is 0.0625. The number of halogens is 3. The number of para-hydroxylation sites is 1. The van der Waals surface area contributed by atoms with Crippen molar-refractivity contribution in [2.24, 2.45) is 0 Å². The summed E-state index contributed by atoms with van der Waals surface area (Å²) in [6.45, 7) is 0.